The molecule has 3 aromatic rings. The summed E-state index contributed by atoms with van der Waals surface area (Å²) in [6, 6.07) is 17.9. The van der Waals surface area contributed by atoms with E-state index >= 15 is 0 Å². The molecule has 1 fully saturated rings. The highest BCUT2D eigenvalue weighted by Gasteiger charge is 2.42. The largest absolute Gasteiger partial charge is 0.497 e. The molecule has 7 heteroatoms. The molecule has 184 valence electrons. The number of piperidine rings is 1. The molecule has 0 radical (unpaired) electrons. The number of methoxy groups -OCH3 is 1. The van der Waals surface area contributed by atoms with Gasteiger partial charge in [-0.05, 0) is 55.2 Å². The van der Waals surface area contributed by atoms with Crippen molar-refractivity contribution in [1.82, 2.24) is 15.2 Å². The number of carbonyl (C=O) groups excluding carboxylic acids is 1. The van der Waals surface area contributed by atoms with Crippen molar-refractivity contribution in [3.63, 3.8) is 0 Å². The highest BCUT2D eigenvalue weighted by molar-refractivity contribution is 5.85. The summed E-state index contributed by atoms with van der Waals surface area (Å²) in [6.07, 6.45) is 6.35. The predicted octanol–water partition coefficient (Wildman–Crippen LogP) is 4.90. The van der Waals surface area contributed by atoms with Crippen LogP contribution in [0.3, 0.4) is 0 Å². The molecule has 0 aliphatic carbocycles. The molecular formula is C29H29N3O4. The van der Waals surface area contributed by atoms with Gasteiger partial charge >= 0.3 is 6.09 Å². The third-order valence-corrected chi connectivity index (χ3v) is 7.47. The molecule has 1 spiro atoms. The summed E-state index contributed by atoms with van der Waals surface area (Å²) in [5.41, 5.74) is 4.93. The molecule has 3 aliphatic rings. The minimum Gasteiger partial charge on any atom is -0.497 e. The molecular weight excluding hydrogens is 454 g/mol. The third kappa shape index (κ3) is 4.09. The maximum Gasteiger partial charge on any atom is 0.413 e. The molecule has 2 aromatic carbocycles. The van der Waals surface area contributed by atoms with Gasteiger partial charge < -0.3 is 24.4 Å². The van der Waals surface area contributed by atoms with E-state index in [1.165, 1.54) is 0 Å². The Hall–Kier alpha value is -3.84. The van der Waals surface area contributed by atoms with Gasteiger partial charge in [0, 0.05) is 42.5 Å². The molecule has 1 aromatic heterocycles. The summed E-state index contributed by atoms with van der Waals surface area (Å²) in [5.74, 6) is 2.32. The van der Waals surface area contributed by atoms with E-state index in [4.69, 9.17) is 14.2 Å². The van der Waals surface area contributed by atoms with Gasteiger partial charge in [0.2, 0.25) is 0 Å². The summed E-state index contributed by atoms with van der Waals surface area (Å²) >= 11 is 0. The lowest BCUT2D eigenvalue weighted by atomic mass is 9.79. The third-order valence-electron chi connectivity index (χ3n) is 7.47. The van der Waals surface area contributed by atoms with Crippen molar-refractivity contribution in [2.45, 2.75) is 31.4 Å². The van der Waals surface area contributed by atoms with Crippen LogP contribution in [0.25, 0.3) is 5.57 Å². The van der Waals surface area contributed by atoms with Crippen molar-refractivity contribution < 1.29 is 19.0 Å². The van der Waals surface area contributed by atoms with Crippen LogP contribution in [0.4, 0.5) is 4.79 Å². The second kappa shape index (κ2) is 9.32. The van der Waals surface area contributed by atoms with Crippen LogP contribution in [0.5, 0.6) is 17.2 Å². The molecule has 1 N–H and O–H groups in total. The quantitative estimate of drug-likeness (QED) is 0.569. The molecule has 0 saturated carbocycles. The second-order valence-electron chi connectivity index (χ2n) is 9.49. The lowest BCUT2D eigenvalue weighted by Crippen LogP contribution is -2.56. The molecule has 0 unspecified atom stereocenters. The first kappa shape index (κ1) is 22.6. The Morgan fingerprint density at radius 1 is 1.08 bits per heavy atom. The van der Waals surface area contributed by atoms with Gasteiger partial charge in [-0.1, -0.05) is 30.3 Å². The number of nitrogens with zero attached hydrogens (tertiary/aromatic N) is 2. The molecule has 1 amide bonds. The van der Waals surface area contributed by atoms with Gasteiger partial charge in [-0.3, -0.25) is 4.98 Å². The van der Waals surface area contributed by atoms with E-state index in [0.29, 0.717) is 12.4 Å². The number of ether oxygens (including phenoxy) is 3. The van der Waals surface area contributed by atoms with Gasteiger partial charge in [0.25, 0.3) is 0 Å². The number of fused-ring (bicyclic) bond motifs is 4. The number of amides is 1. The number of hydrogen-bond acceptors (Lipinski definition) is 6. The van der Waals surface area contributed by atoms with E-state index in [1.807, 2.05) is 48.7 Å². The van der Waals surface area contributed by atoms with Crippen LogP contribution >= 0.6 is 0 Å². The number of pyridine rings is 1. The Kier molecular flexibility index (Phi) is 5.85. The molecule has 3 aliphatic heterocycles. The van der Waals surface area contributed by atoms with Crippen molar-refractivity contribution in [3.8, 4) is 17.2 Å². The van der Waals surface area contributed by atoms with Crippen LogP contribution in [0.15, 0.2) is 66.9 Å². The highest BCUT2D eigenvalue weighted by Crippen LogP contribution is 2.41. The zero-order valence-electron chi connectivity index (χ0n) is 20.3. The van der Waals surface area contributed by atoms with E-state index in [1.54, 1.807) is 7.11 Å². The van der Waals surface area contributed by atoms with Crippen LogP contribution in [0, 0.1) is 0 Å². The van der Waals surface area contributed by atoms with Gasteiger partial charge in [0.15, 0.2) is 0 Å². The SMILES string of the molecule is COc1ccc2c(c1)/C(=C/CCN1CCC3(CC1)NC(=O)Oc1ccccc13)c1cccnc1CO2. The minimum atomic E-state index is -0.358. The number of nitrogens with one attached hydrogen (secondary N) is 1. The van der Waals surface area contributed by atoms with Crippen molar-refractivity contribution in [2.75, 3.05) is 26.7 Å². The first-order chi connectivity index (χ1) is 17.6. The molecule has 4 heterocycles. The second-order valence-corrected chi connectivity index (χ2v) is 9.49. The van der Waals surface area contributed by atoms with Gasteiger partial charge in [0.1, 0.15) is 23.9 Å². The average Bonchev–Trinajstić information content (AvgIpc) is 3.06. The van der Waals surface area contributed by atoms with Gasteiger partial charge in [-0.2, -0.15) is 0 Å². The van der Waals surface area contributed by atoms with Crippen molar-refractivity contribution in [1.29, 1.82) is 0 Å². The lowest BCUT2D eigenvalue weighted by Gasteiger charge is -2.44. The van der Waals surface area contributed by atoms with Crippen molar-refractivity contribution in [2.24, 2.45) is 0 Å². The van der Waals surface area contributed by atoms with Gasteiger partial charge in [-0.15, -0.1) is 0 Å². The standard InChI is InChI=1S/C29H29N3O4/c1-34-20-10-11-26-23(18-20)21(22-6-4-14-30-25(22)19-35-26)7-5-15-32-16-12-29(13-17-32)24-8-2-3-9-27(24)36-28(33)31-29/h2-4,6-11,14,18H,5,12-13,15-17,19H2,1H3,(H,31,33)/b21-7+. The summed E-state index contributed by atoms with van der Waals surface area (Å²) in [6.45, 7) is 3.19. The number of likely N-dealkylation sites (tertiary alicyclic amines) is 1. The number of aromatic nitrogens is 1. The van der Waals surface area contributed by atoms with E-state index in [-0.39, 0.29) is 11.6 Å². The fourth-order valence-corrected chi connectivity index (χ4v) is 5.57. The summed E-state index contributed by atoms with van der Waals surface area (Å²) in [4.78, 5) is 19.3. The Labute approximate surface area is 210 Å². The average molecular weight is 484 g/mol. The van der Waals surface area contributed by atoms with Gasteiger partial charge in [0.05, 0.1) is 18.3 Å². The molecule has 36 heavy (non-hydrogen) atoms. The Morgan fingerprint density at radius 3 is 2.81 bits per heavy atom. The zero-order chi connectivity index (χ0) is 24.5. The number of carbonyl (C=O) groups is 1. The van der Waals surface area contributed by atoms with E-state index < -0.39 is 0 Å². The molecule has 7 nitrogen and oxygen atoms in total. The Balaban J connectivity index is 1.20. The van der Waals surface area contributed by atoms with Crippen LogP contribution < -0.4 is 19.5 Å². The molecule has 6 rings (SSSR count). The molecule has 0 bridgehead atoms. The zero-order valence-corrected chi connectivity index (χ0v) is 20.3. The lowest BCUT2D eigenvalue weighted by molar-refractivity contribution is 0.112. The maximum atomic E-state index is 12.2. The van der Waals surface area contributed by atoms with Crippen LogP contribution in [0.2, 0.25) is 0 Å². The first-order valence-corrected chi connectivity index (χ1v) is 12.4. The summed E-state index contributed by atoms with van der Waals surface area (Å²) < 4.78 is 17.0. The minimum absolute atomic E-state index is 0.348. The summed E-state index contributed by atoms with van der Waals surface area (Å²) in [7, 11) is 1.68. The number of benzene rings is 2. The van der Waals surface area contributed by atoms with Crippen LogP contribution in [-0.4, -0.2) is 42.7 Å². The topological polar surface area (TPSA) is 72.9 Å². The van der Waals surface area contributed by atoms with Gasteiger partial charge in [-0.25, -0.2) is 4.79 Å². The Bertz CT molecular complexity index is 1330. The van der Waals surface area contributed by atoms with Crippen LogP contribution in [0.1, 0.15) is 41.6 Å². The van der Waals surface area contributed by atoms with E-state index in [0.717, 1.165) is 78.4 Å². The molecule has 1 saturated heterocycles. The Morgan fingerprint density at radius 2 is 1.94 bits per heavy atom. The van der Waals surface area contributed by atoms with Crippen molar-refractivity contribution >= 4 is 11.7 Å². The normalized spacial score (nSPS) is 19.2. The predicted molar refractivity (Wildman–Crippen MR) is 136 cm³/mol. The van der Waals surface area contributed by atoms with Crippen LogP contribution in [-0.2, 0) is 12.1 Å². The van der Waals surface area contributed by atoms with E-state index in [9.17, 15) is 4.79 Å². The number of rotatable bonds is 4. The molecule has 0 atom stereocenters. The monoisotopic (exact) mass is 483 g/mol. The summed E-state index contributed by atoms with van der Waals surface area (Å²) in [5, 5.41) is 3.12. The fourth-order valence-electron chi connectivity index (χ4n) is 5.57. The van der Waals surface area contributed by atoms with Crippen molar-refractivity contribution in [3.05, 3.63) is 89.3 Å². The fraction of sp³-hybridized carbons (Fsp3) is 0.310. The highest BCUT2D eigenvalue weighted by atomic mass is 16.6. The van der Waals surface area contributed by atoms with E-state index in [2.05, 4.69) is 33.4 Å². The number of para-hydroxylation sites is 1. The maximum absolute atomic E-state index is 12.2. The first-order valence-electron chi connectivity index (χ1n) is 12.4. The number of hydrogen-bond donors (Lipinski definition) is 1. The smallest absolute Gasteiger partial charge is 0.413 e.